The topological polar surface area (TPSA) is 6.48 Å². The van der Waals surface area contributed by atoms with E-state index in [1.165, 1.54) is 49.8 Å². The van der Waals surface area contributed by atoms with Gasteiger partial charge in [0.25, 0.3) is 6.71 Å². The summed E-state index contributed by atoms with van der Waals surface area (Å²) in [5, 5.41) is 0.685. The van der Waals surface area contributed by atoms with Crippen molar-refractivity contribution in [2.75, 3.05) is 9.80 Å². The largest absolute Gasteiger partial charge is 0.311 e. The maximum Gasteiger partial charge on any atom is 0.252 e. The van der Waals surface area contributed by atoms with Crippen molar-refractivity contribution in [3.05, 3.63) is 222 Å². The van der Waals surface area contributed by atoms with Gasteiger partial charge in [0.15, 0.2) is 0 Å². The average molecular weight is 871 g/mol. The van der Waals surface area contributed by atoms with E-state index in [-0.39, 0.29) is 17.5 Å². The zero-order valence-electron chi connectivity index (χ0n) is 38.5. The minimum Gasteiger partial charge on any atom is -0.311 e. The van der Waals surface area contributed by atoms with E-state index in [4.69, 9.17) is 11.6 Å². The molecule has 0 saturated carbocycles. The highest BCUT2D eigenvalue weighted by atomic mass is 35.5. The van der Waals surface area contributed by atoms with Gasteiger partial charge < -0.3 is 9.80 Å². The van der Waals surface area contributed by atoms with E-state index in [0.717, 1.165) is 56.4 Å². The summed E-state index contributed by atoms with van der Waals surface area (Å²) in [6, 6.07) is 75.8. The molecule has 2 heterocycles. The highest BCUT2D eigenvalue weighted by Crippen LogP contribution is 2.50. The molecule has 0 radical (unpaired) electrons. The third-order valence-electron chi connectivity index (χ3n) is 13.6. The Kier molecular flexibility index (Phi) is 10.2. The monoisotopic (exact) mass is 870 g/mol. The van der Waals surface area contributed by atoms with Gasteiger partial charge in [-0.05, 0) is 108 Å². The fraction of sp³-hybridized carbons (Fsp3) is 0.129. The first-order valence-electron chi connectivity index (χ1n) is 23.2. The molecule has 66 heavy (non-hydrogen) atoms. The van der Waals surface area contributed by atoms with E-state index in [2.05, 4.69) is 258 Å². The summed E-state index contributed by atoms with van der Waals surface area (Å²) in [5.41, 5.74) is 22.5. The van der Waals surface area contributed by atoms with E-state index in [1.54, 1.807) is 0 Å². The molecule has 320 valence electrons. The SMILES string of the molecule is CC(C)(C)c1ccc(-c2ccc3c(c2)B2c4cc(-c5ccccc5)ccc4N(c4ccccc4-c4ccccc4)c4cc(Cl)cc(c42)N3c2ccccc2-c2ccccc2)c(C(C)(C)C)c1. The van der Waals surface area contributed by atoms with Crippen LogP contribution < -0.4 is 26.2 Å². The molecule has 4 heteroatoms. The molecule has 2 aliphatic heterocycles. The van der Waals surface area contributed by atoms with Crippen molar-refractivity contribution in [2.24, 2.45) is 0 Å². The summed E-state index contributed by atoms with van der Waals surface area (Å²) >= 11 is 7.47. The van der Waals surface area contributed by atoms with Gasteiger partial charge in [-0.15, -0.1) is 0 Å². The Balaban J connectivity index is 1.25. The maximum atomic E-state index is 7.47. The lowest BCUT2D eigenvalue weighted by molar-refractivity contribution is 0.570. The van der Waals surface area contributed by atoms with Crippen molar-refractivity contribution in [1.82, 2.24) is 0 Å². The third-order valence-corrected chi connectivity index (χ3v) is 13.8. The average Bonchev–Trinajstić information content (AvgIpc) is 3.33. The highest BCUT2D eigenvalue weighted by Gasteiger charge is 2.44. The lowest BCUT2D eigenvalue weighted by Gasteiger charge is -2.45. The first kappa shape index (κ1) is 41.6. The first-order chi connectivity index (χ1) is 31.9. The van der Waals surface area contributed by atoms with Crippen molar-refractivity contribution >= 4 is 68.8 Å². The van der Waals surface area contributed by atoms with Gasteiger partial charge in [-0.25, -0.2) is 0 Å². The van der Waals surface area contributed by atoms with E-state index >= 15 is 0 Å². The molecule has 0 unspecified atom stereocenters. The smallest absolute Gasteiger partial charge is 0.252 e. The van der Waals surface area contributed by atoms with Gasteiger partial charge in [-0.2, -0.15) is 0 Å². The minimum absolute atomic E-state index is 0.0235. The van der Waals surface area contributed by atoms with E-state index in [0.29, 0.717) is 5.02 Å². The molecule has 0 N–H and O–H groups in total. The van der Waals surface area contributed by atoms with Gasteiger partial charge in [0.05, 0.1) is 11.4 Å². The number of hydrogen-bond donors (Lipinski definition) is 0. The predicted molar refractivity (Wildman–Crippen MR) is 285 cm³/mol. The summed E-state index contributed by atoms with van der Waals surface area (Å²) in [6.07, 6.45) is 0. The van der Waals surface area contributed by atoms with Crippen LogP contribution in [0.1, 0.15) is 52.7 Å². The van der Waals surface area contributed by atoms with E-state index in [9.17, 15) is 0 Å². The van der Waals surface area contributed by atoms with Crippen molar-refractivity contribution < 1.29 is 0 Å². The molecule has 0 fully saturated rings. The number of rotatable bonds is 6. The van der Waals surface area contributed by atoms with Gasteiger partial charge in [-0.3, -0.25) is 0 Å². The molecule has 2 nitrogen and oxygen atoms in total. The van der Waals surface area contributed by atoms with Crippen LogP contribution in [0.5, 0.6) is 0 Å². The van der Waals surface area contributed by atoms with Gasteiger partial charge in [0.2, 0.25) is 0 Å². The zero-order chi connectivity index (χ0) is 45.3. The van der Waals surface area contributed by atoms with Crippen LogP contribution in [0, 0.1) is 0 Å². The number of fused-ring (bicyclic) bond motifs is 4. The van der Waals surface area contributed by atoms with Crippen LogP contribution in [0.2, 0.25) is 5.02 Å². The molecule has 9 aromatic carbocycles. The normalized spacial score (nSPS) is 13.0. The summed E-state index contributed by atoms with van der Waals surface area (Å²) in [7, 11) is 0. The van der Waals surface area contributed by atoms with Crippen molar-refractivity contribution in [3.63, 3.8) is 0 Å². The lowest BCUT2D eigenvalue weighted by atomic mass is 9.33. The number of nitrogens with zero attached hydrogens (tertiary/aromatic N) is 2. The summed E-state index contributed by atoms with van der Waals surface area (Å²) in [5.74, 6) is 0. The Morgan fingerprint density at radius 1 is 0.348 bits per heavy atom. The molecule has 0 aromatic heterocycles. The van der Waals surface area contributed by atoms with Crippen LogP contribution in [0.4, 0.5) is 34.1 Å². The van der Waals surface area contributed by atoms with Crippen LogP contribution in [-0.4, -0.2) is 6.71 Å². The molecule has 2 aliphatic rings. The van der Waals surface area contributed by atoms with Crippen LogP contribution >= 0.6 is 11.6 Å². The minimum atomic E-state index is -0.118. The Bertz CT molecular complexity index is 3270. The van der Waals surface area contributed by atoms with Crippen molar-refractivity contribution in [3.8, 4) is 44.5 Å². The molecule has 0 atom stereocenters. The highest BCUT2D eigenvalue weighted by molar-refractivity contribution is 7.00. The maximum absolute atomic E-state index is 7.47. The van der Waals surface area contributed by atoms with E-state index < -0.39 is 0 Å². The predicted octanol–water partition coefficient (Wildman–Crippen LogP) is 15.7. The van der Waals surface area contributed by atoms with Crippen LogP contribution in [-0.2, 0) is 10.8 Å². The lowest BCUT2D eigenvalue weighted by Crippen LogP contribution is -2.61. The zero-order valence-corrected chi connectivity index (χ0v) is 39.2. The molecular formula is C62H52BClN2. The second kappa shape index (κ2) is 16.1. The number of halogens is 1. The van der Waals surface area contributed by atoms with Crippen molar-refractivity contribution in [1.29, 1.82) is 0 Å². The quantitative estimate of drug-likeness (QED) is 0.154. The van der Waals surface area contributed by atoms with Gasteiger partial charge in [0.1, 0.15) is 0 Å². The van der Waals surface area contributed by atoms with Gasteiger partial charge in [0, 0.05) is 38.9 Å². The fourth-order valence-corrected chi connectivity index (χ4v) is 10.6. The summed E-state index contributed by atoms with van der Waals surface area (Å²) in [4.78, 5) is 4.97. The van der Waals surface area contributed by atoms with Crippen LogP contribution in [0.15, 0.2) is 206 Å². The molecule has 0 saturated heterocycles. The molecule has 11 rings (SSSR count). The number of benzene rings is 9. The fourth-order valence-electron chi connectivity index (χ4n) is 10.4. The second-order valence-corrected chi connectivity index (χ2v) is 20.3. The van der Waals surface area contributed by atoms with Gasteiger partial charge in [-0.1, -0.05) is 223 Å². The number of para-hydroxylation sites is 2. The number of hydrogen-bond acceptors (Lipinski definition) is 2. The summed E-state index contributed by atoms with van der Waals surface area (Å²) < 4.78 is 0. The van der Waals surface area contributed by atoms with Crippen molar-refractivity contribution in [2.45, 2.75) is 52.4 Å². The Morgan fingerprint density at radius 3 is 1.30 bits per heavy atom. The van der Waals surface area contributed by atoms with Crippen LogP contribution in [0.3, 0.4) is 0 Å². The molecule has 0 bridgehead atoms. The number of anilines is 6. The third kappa shape index (κ3) is 7.14. The Labute approximate surface area is 395 Å². The van der Waals surface area contributed by atoms with Gasteiger partial charge >= 0.3 is 0 Å². The molecular weight excluding hydrogens is 819 g/mol. The second-order valence-electron chi connectivity index (χ2n) is 19.9. The first-order valence-corrected chi connectivity index (χ1v) is 23.5. The molecule has 9 aromatic rings. The molecule has 0 spiro atoms. The standard InChI is InChI=1S/C62H52BClN2/c1-61(2,3)46-32-33-48(51(38-46)62(4,5)6)45-31-35-57-53(37-45)63-52-36-44(41-20-10-7-11-21-41)30-34-56(52)65(54-28-18-16-26-49(54)42-22-12-8-13-23-42)58-39-47(64)40-59(60(58)63)66(57)55-29-19-17-27-50(55)43-24-14-9-15-25-43/h7-40H,1-6H3. The van der Waals surface area contributed by atoms with Crippen LogP contribution in [0.25, 0.3) is 44.5 Å². The summed E-state index contributed by atoms with van der Waals surface area (Å²) in [6.45, 7) is 13.8. The molecule has 0 aliphatic carbocycles. The van der Waals surface area contributed by atoms with E-state index in [1.807, 2.05) is 0 Å². The Morgan fingerprint density at radius 2 is 0.803 bits per heavy atom. The Hall–Kier alpha value is -7.07. The molecule has 0 amide bonds.